The average Bonchev–Trinajstić information content (AvgIpc) is 3.18. The van der Waals surface area contributed by atoms with E-state index in [1.54, 1.807) is 24.1 Å². The van der Waals surface area contributed by atoms with Crippen molar-refractivity contribution in [3.05, 3.63) is 18.5 Å². The van der Waals surface area contributed by atoms with E-state index < -0.39 is 0 Å². The van der Waals surface area contributed by atoms with Gasteiger partial charge in [0, 0.05) is 39.1 Å². The standard InChI is InChI=1S/C13H19N7O/c1-14-11-16-12(19-7-3-10(9-19)4-8-21)18-13(17-11)20-6-2-5-15-20/h2,5-6,10,21H,3-4,7-9H2,1H3,(H,14,16,17,18). The van der Waals surface area contributed by atoms with E-state index in [1.165, 1.54) is 0 Å². The number of nitrogens with zero attached hydrogens (tertiary/aromatic N) is 6. The summed E-state index contributed by atoms with van der Waals surface area (Å²) in [6, 6.07) is 1.83. The van der Waals surface area contributed by atoms with E-state index in [2.05, 4.69) is 30.3 Å². The number of aliphatic hydroxyl groups excluding tert-OH is 1. The Morgan fingerprint density at radius 3 is 2.90 bits per heavy atom. The molecule has 1 fully saturated rings. The second-order valence-electron chi connectivity index (χ2n) is 5.07. The second kappa shape index (κ2) is 6.04. The van der Waals surface area contributed by atoms with Crippen molar-refractivity contribution >= 4 is 11.9 Å². The summed E-state index contributed by atoms with van der Waals surface area (Å²) < 4.78 is 1.62. The molecule has 0 saturated carbocycles. The molecule has 21 heavy (non-hydrogen) atoms. The first-order valence-corrected chi connectivity index (χ1v) is 7.10. The van der Waals surface area contributed by atoms with Crippen molar-refractivity contribution in [1.82, 2.24) is 24.7 Å². The molecule has 0 bridgehead atoms. The van der Waals surface area contributed by atoms with Crippen LogP contribution in [0.3, 0.4) is 0 Å². The molecular weight excluding hydrogens is 270 g/mol. The van der Waals surface area contributed by atoms with Gasteiger partial charge in [-0.2, -0.15) is 20.1 Å². The van der Waals surface area contributed by atoms with Crippen molar-refractivity contribution in [3.8, 4) is 5.95 Å². The lowest BCUT2D eigenvalue weighted by Gasteiger charge is -2.17. The Balaban J connectivity index is 1.87. The molecule has 0 amide bonds. The average molecular weight is 289 g/mol. The first-order valence-electron chi connectivity index (χ1n) is 7.10. The highest BCUT2D eigenvalue weighted by molar-refractivity contribution is 5.40. The van der Waals surface area contributed by atoms with Crippen LogP contribution in [0.15, 0.2) is 18.5 Å². The fourth-order valence-electron chi connectivity index (χ4n) is 2.53. The predicted octanol–water partition coefficient (Wildman–Crippen LogP) is 0.308. The number of hydrogen-bond acceptors (Lipinski definition) is 7. The molecule has 0 spiro atoms. The Morgan fingerprint density at radius 2 is 2.19 bits per heavy atom. The van der Waals surface area contributed by atoms with Crippen LogP contribution in [0.4, 0.5) is 11.9 Å². The smallest absolute Gasteiger partial charge is 0.257 e. The molecule has 1 saturated heterocycles. The lowest BCUT2D eigenvalue weighted by Crippen LogP contribution is -2.24. The van der Waals surface area contributed by atoms with Crippen molar-refractivity contribution in [1.29, 1.82) is 0 Å². The van der Waals surface area contributed by atoms with E-state index in [0.29, 0.717) is 23.8 Å². The predicted molar refractivity (Wildman–Crippen MR) is 78.5 cm³/mol. The van der Waals surface area contributed by atoms with Crippen molar-refractivity contribution in [2.75, 3.05) is 37.0 Å². The molecule has 0 aliphatic carbocycles. The first-order chi connectivity index (χ1) is 10.3. The van der Waals surface area contributed by atoms with E-state index >= 15 is 0 Å². The maximum absolute atomic E-state index is 9.05. The molecule has 8 nitrogen and oxygen atoms in total. The van der Waals surface area contributed by atoms with Crippen LogP contribution in [0.2, 0.25) is 0 Å². The third-order valence-electron chi connectivity index (χ3n) is 3.65. The zero-order chi connectivity index (χ0) is 14.7. The largest absolute Gasteiger partial charge is 0.396 e. The first kappa shape index (κ1) is 13.7. The van der Waals surface area contributed by atoms with Crippen LogP contribution in [-0.2, 0) is 0 Å². The quantitative estimate of drug-likeness (QED) is 0.818. The monoisotopic (exact) mass is 289 g/mol. The molecular formula is C13H19N7O. The summed E-state index contributed by atoms with van der Waals surface area (Å²) in [5, 5.41) is 16.2. The minimum absolute atomic E-state index is 0.232. The zero-order valence-electron chi connectivity index (χ0n) is 12.0. The lowest BCUT2D eigenvalue weighted by molar-refractivity contribution is 0.263. The van der Waals surface area contributed by atoms with Gasteiger partial charge in [0.15, 0.2) is 0 Å². The maximum Gasteiger partial charge on any atom is 0.257 e. The van der Waals surface area contributed by atoms with E-state index in [9.17, 15) is 0 Å². The van der Waals surface area contributed by atoms with Gasteiger partial charge >= 0.3 is 0 Å². The maximum atomic E-state index is 9.05. The number of anilines is 2. The van der Waals surface area contributed by atoms with Crippen molar-refractivity contribution in [2.45, 2.75) is 12.8 Å². The van der Waals surface area contributed by atoms with Crippen molar-refractivity contribution < 1.29 is 5.11 Å². The molecule has 8 heteroatoms. The minimum atomic E-state index is 0.232. The van der Waals surface area contributed by atoms with Gasteiger partial charge in [-0.15, -0.1) is 0 Å². The fourth-order valence-corrected chi connectivity index (χ4v) is 2.53. The Bertz CT molecular complexity index is 586. The molecule has 1 atom stereocenters. The Morgan fingerprint density at radius 1 is 1.33 bits per heavy atom. The van der Waals surface area contributed by atoms with Gasteiger partial charge in [-0.05, 0) is 24.8 Å². The van der Waals surface area contributed by atoms with Gasteiger partial charge in [0.05, 0.1) is 0 Å². The van der Waals surface area contributed by atoms with E-state index in [1.807, 2.05) is 6.07 Å². The number of nitrogens with one attached hydrogen (secondary N) is 1. The SMILES string of the molecule is CNc1nc(N2CCC(CCO)C2)nc(-n2cccn2)n1. The molecule has 0 aromatic carbocycles. The molecule has 1 unspecified atom stereocenters. The Labute approximate surface area is 122 Å². The highest BCUT2D eigenvalue weighted by Crippen LogP contribution is 2.23. The van der Waals surface area contributed by atoms with Crippen molar-refractivity contribution in [3.63, 3.8) is 0 Å². The fraction of sp³-hybridized carbons (Fsp3) is 0.538. The molecule has 2 N–H and O–H groups in total. The van der Waals surface area contributed by atoms with Crippen LogP contribution >= 0.6 is 0 Å². The topological polar surface area (TPSA) is 92.0 Å². The van der Waals surface area contributed by atoms with Gasteiger partial charge in [0.2, 0.25) is 11.9 Å². The summed E-state index contributed by atoms with van der Waals surface area (Å²) in [4.78, 5) is 15.4. The molecule has 3 rings (SSSR count). The van der Waals surface area contributed by atoms with E-state index in [4.69, 9.17) is 5.11 Å². The van der Waals surface area contributed by atoms with Crippen LogP contribution < -0.4 is 10.2 Å². The van der Waals surface area contributed by atoms with Gasteiger partial charge in [-0.1, -0.05) is 0 Å². The number of hydrogen-bond donors (Lipinski definition) is 2. The van der Waals surface area contributed by atoms with Crippen LogP contribution in [0.5, 0.6) is 0 Å². The Kier molecular flexibility index (Phi) is 3.96. The summed E-state index contributed by atoms with van der Waals surface area (Å²) in [5.41, 5.74) is 0. The summed E-state index contributed by atoms with van der Waals surface area (Å²) >= 11 is 0. The van der Waals surface area contributed by atoms with E-state index in [0.717, 1.165) is 25.9 Å². The van der Waals surface area contributed by atoms with Crippen LogP contribution in [0.1, 0.15) is 12.8 Å². The molecule has 2 aromatic heterocycles. The highest BCUT2D eigenvalue weighted by atomic mass is 16.3. The molecule has 1 aliphatic heterocycles. The third kappa shape index (κ3) is 2.94. The van der Waals surface area contributed by atoms with Gasteiger partial charge in [-0.3, -0.25) is 0 Å². The van der Waals surface area contributed by atoms with Crippen LogP contribution in [0.25, 0.3) is 5.95 Å². The van der Waals surface area contributed by atoms with Gasteiger partial charge < -0.3 is 15.3 Å². The summed E-state index contributed by atoms with van der Waals surface area (Å²) in [6.45, 7) is 2.00. The highest BCUT2D eigenvalue weighted by Gasteiger charge is 2.25. The zero-order valence-corrected chi connectivity index (χ0v) is 12.0. The Hall–Kier alpha value is -2.22. The molecule has 112 valence electrons. The van der Waals surface area contributed by atoms with Gasteiger partial charge in [0.25, 0.3) is 5.95 Å². The van der Waals surface area contributed by atoms with Crippen LogP contribution in [0, 0.1) is 5.92 Å². The minimum Gasteiger partial charge on any atom is -0.396 e. The number of aliphatic hydroxyl groups is 1. The van der Waals surface area contributed by atoms with Crippen LogP contribution in [-0.4, -0.2) is 56.6 Å². The normalized spacial score (nSPS) is 18.2. The second-order valence-corrected chi connectivity index (χ2v) is 5.07. The third-order valence-corrected chi connectivity index (χ3v) is 3.65. The number of rotatable bonds is 5. The molecule has 3 heterocycles. The lowest BCUT2D eigenvalue weighted by atomic mass is 10.1. The van der Waals surface area contributed by atoms with Gasteiger partial charge in [-0.25, -0.2) is 4.68 Å². The summed E-state index contributed by atoms with van der Waals surface area (Å²) in [7, 11) is 1.78. The summed E-state index contributed by atoms with van der Waals surface area (Å²) in [6.07, 6.45) is 5.37. The van der Waals surface area contributed by atoms with Gasteiger partial charge in [0.1, 0.15) is 0 Å². The van der Waals surface area contributed by atoms with Crippen molar-refractivity contribution in [2.24, 2.45) is 5.92 Å². The molecule has 0 radical (unpaired) electrons. The summed E-state index contributed by atoms with van der Waals surface area (Å²) in [5.74, 6) is 2.18. The molecule has 1 aliphatic rings. The number of aromatic nitrogens is 5. The molecule has 2 aromatic rings. The van der Waals surface area contributed by atoms with E-state index in [-0.39, 0.29) is 6.61 Å².